The maximum absolute atomic E-state index is 5.44. The summed E-state index contributed by atoms with van der Waals surface area (Å²) < 4.78 is 44.0. The van der Waals surface area contributed by atoms with Gasteiger partial charge in [0, 0.05) is 26.2 Å². The zero-order chi connectivity index (χ0) is 26.1. The van der Waals surface area contributed by atoms with E-state index >= 15 is 0 Å². The first-order valence-electron chi connectivity index (χ1n) is 12.1. The lowest BCUT2D eigenvalue weighted by Crippen LogP contribution is -2.34. The van der Waals surface area contributed by atoms with Gasteiger partial charge in [0.15, 0.2) is 0 Å². The van der Waals surface area contributed by atoms with Crippen molar-refractivity contribution in [2.45, 2.75) is 0 Å². The number of ether oxygens (including phenoxy) is 8. The van der Waals surface area contributed by atoms with E-state index in [4.69, 9.17) is 87.6 Å². The molecule has 2 rings (SSSR count). The fourth-order valence-corrected chi connectivity index (χ4v) is 3.54. The monoisotopic (exact) mass is 588 g/mol. The van der Waals surface area contributed by atoms with Gasteiger partial charge in [-0.25, -0.2) is 0 Å². The molecule has 2 saturated heterocycles. The van der Waals surface area contributed by atoms with Crippen LogP contribution in [0.25, 0.3) is 0 Å². The van der Waals surface area contributed by atoms with Crippen LogP contribution in [0.15, 0.2) is 0 Å². The lowest BCUT2D eigenvalue weighted by atomic mass is 10.5. The molecule has 2 aliphatic heterocycles. The first-order valence-corrected chi connectivity index (χ1v) is 13.8. The standard InChI is InChI=1S/2C11H21NO4S2/c2*17-11(18)12-1-3-13-5-7-15-9-10-16-8-6-14-4-2-12/h2*1-10H2,(H,17,18)/p-2. The summed E-state index contributed by atoms with van der Waals surface area (Å²) in [7, 11) is 0. The molecule has 10 nitrogen and oxygen atoms in total. The van der Waals surface area contributed by atoms with E-state index in [2.05, 4.69) is 0 Å². The summed E-state index contributed by atoms with van der Waals surface area (Å²) in [5.41, 5.74) is 0. The molecular formula is C22H40N2O8S4-2. The fraction of sp³-hybridized carbons (Fsp3) is 0.909. The Kier molecular flexibility index (Phi) is 23.7. The second-order valence-corrected chi connectivity index (χ2v) is 9.47. The van der Waals surface area contributed by atoms with Crippen LogP contribution in [0.4, 0.5) is 0 Å². The van der Waals surface area contributed by atoms with Gasteiger partial charge in [-0.05, 0) is 0 Å². The highest BCUT2D eigenvalue weighted by molar-refractivity contribution is 8.00. The molecule has 0 aromatic carbocycles. The first-order chi connectivity index (χ1) is 17.6. The van der Waals surface area contributed by atoms with E-state index in [1.807, 2.05) is 9.80 Å². The van der Waals surface area contributed by atoms with Crippen molar-refractivity contribution in [3.05, 3.63) is 0 Å². The quantitative estimate of drug-likeness (QED) is 0.289. The largest absolute Gasteiger partial charge is 0.411 e. The molecule has 0 amide bonds. The van der Waals surface area contributed by atoms with E-state index in [0.29, 0.717) is 141 Å². The van der Waals surface area contributed by atoms with Crippen LogP contribution in [0.3, 0.4) is 0 Å². The van der Waals surface area contributed by atoms with Crippen molar-refractivity contribution in [1.29, 1.82) is 0 Å². The molecule has 0 radical (unpaired) electrons. The van der Waals surface area contributed by atoms with E-state index in [-0.39, 0.29) is 0 Å². The van der Waals surface area contributed by atoms with E-state index in [0.717, 1.165) is 0 Å². The average molecular weight is 589 g/mol. The summed E-state index contributed by atoms with van der Waals surface area (Å²) in [5, 5.41) is 0. The van der Waals surface area contributed by atoms with Crippen molar-refractivity contribution in [3.63, 3.8) is 0 Å². The molecule has 2 fully saturated rings. The van der Waals surface area contributed by atoms with Crippen LogP contribution in [-0.4, -0.2) is 150 Å². The highest BCUT2D eigenvalue weighted by Crippen LogP contribution is 1.95. The number of nitrogens with zero attached hydrogens (tertiary/aromatic N) is 2. The van der Waals surface area contributed by atoms with Crippen LogP contribution < -0.4 is 0 Å². The fourth-order valence-electron chi connectivity index (χ4n) is 2.81. The summed E-state index contributed by atoms with van der Waals surface area (Å²) >= 11 is 20.0. The van der Waals surface area contributed by atoms with E-state index in [1.54, 1.807) is 0 Å². The van der Waals surface area contributed by atoms with Gasteiger partial charge in [-0.2, -0.15) is 0 Å². The summed E-state index contributed by atoms with van der Waals surface area (Å²) in [6.07, 6.45) is 0. The molecule has 0 saturated carbocycles. The molecule has 36 heavy (non-hydrogen) atoms. The minimum atomic E-state index is 0.457. The summed E-state index contributed by atoms with van der Waals surface area (Å²) in [4.78, 5) is 3.82. The number of hydrogen-bond acceptors (Lipinski definition) is 12. The molecule has 212 valence electrons. The predicted octanol–water partition coefficient (Wildman–Crippen LogP) is 0.400. The van der Waals surface area contributed by atoms with Crippen molar-refractivity contribution < 1.29 is 37.9 Å². The Balaban J connectivity index is 0.000000360. The van der Waals surface area contributed by atoms with Gasteiger partial charge < -0.3 is 97.4 Å². The molecule has 2 heterocycles. The van der Waals surface area contributed by atoms with E-state index in [1.165, 1.54) is 0 Å². The zero-order valence-corrected chi connectivity index (χ0v) is 24.2. The van der Waals surface area contributed by atoms with Gasteiger partial charge in [-0.1, -0.05) is 8.64 Å². The van der Waals surface area contributed by atoms with Crippen molar-refractivity contribution in [3.8, 4) is 0 Å². The third-order valence-electron chi connectivity index (χ3n) is 4.77. The zero-order valence-electron chi connectivity index (χ0n) is 20.9. The second kappa shape index (κ2) is 25.2. The topological polar surface area (TPSA) is 80.3 Å². The van der Waals surface area contributed by atoms with Crippen molar-refractivity contribution in [2.75, 3.05) is 132 Å². The van der Waals surface area contributed by atoms with Crippen LogP contribution in [0, 0.1) is 0 Å². The van der Waals surface area contributed by atoms with Crippen molar-refractivity contribution in [2.24, 2.45) is 0 Å². The Hall–Kier alpha value is -0.100. The first kappa shape index (κ1) is 33.9. The maximum atomic E-state index is 5.44. The van der Waals surface area contributed by atoms with Crippen LogP contribution in [0.1, 0.15) is 0 Å². The number of thiocarbonyl (C=S) groups is 2. The Morgan fingerprint density at radius 1 is 0.361 bits per heavy atom. The molecule has 0 aliphatic carbocycles. The van der Waals surface area contributed by atoms with E-state index < -0.39 is 0 Å². The van der Waals surface area contributed by atoms with Crippen molar-refractivity contribution >= 4 is 58.3 Å². The molecular weight excluding hydrogens is 549 g/mol. The summed E-state index contributed by atoms with van der Waals surface area (Å²) in [5.74, 6) is 0. The molecule has 0 aromatic heterocycles. The maximum Gasteiger partial charge on any atom is 0.0701 e. The number of rotatable bonds is 0. The Morgan fingerprint density at radius 3 is 0.694 bits per heavy atom. The summed E-state index contributed by atoms with van der Waals surface area (Å²) in [6, 6.07) is 0. The third kappa shape index (κ3) is 20.9. The van der Waals surface area contributed by atoms with Gasteiger partial charge in [0.2, 0.25) is 0 Å². The number of hydrogen-bond donors (Lipinski definition) is 0. The van der Waals surface area contributed by atoms with Crippen LogP contribution >= 0.6 is 24.4 Å². The molecule has 2 aliphatic rings. The third-order valence-corrected chi connectivity index (χ3v) is 5.80. The van der Waals surface area contributed by atoms with Gasteiger partial charge >= 0.3 is 0 Å². The SMILES string of the molecule is S=C([S-])N1CCOCCOCCOCCOCC1.S=C([S-])N1CCOCCOCCOCCOCC1. The minimum absolute atomic E-state index is 0.457. The van der Waals surface area contributed by atoms with Crippen LogP contribution in [-0.2, 0) is 63.2 Å². The van der Waals surface area contributed by atoms with Gasteiger partial charge in [-0.3, -0.25) is 0 Å². The molecule has 0 aromatic rings. The summed E-state index contributed by atoms with van der Waals surface area (Å²) in [6.45, 7) is 12.2. The molecule has 0 bridgehead atoms. The van der Waals surface area contributed by atoms with Gasteiger partial charge in [-0.15, -0.1) is 0 Å². The Bertz CT molecular complexity index is 476. The van der Waals surface area contributed by atoms with Crippen molar-refractivity contribution in [1.82, 2.24) is 9.80 Å². The average Bonchev–Trinajstić information content (AvgIpc) is 2.87. The van der Waals surface area contributed by atoms with E-state index in [9.17, 15) is 0 Å². The lowest BCUT2D eigenvalue weighted by molar-refractivity contribution is 0.00206. The smallest absolute Gasteiger partial charge is 0.0701 e. The van der Waals surface area contributed by atoms with Crippen LogP contribution in [0.2, 0.25) is 0 Å². The highest BCUT2D eigenvalue weighted by atomic mass is 32.1. The van der Waals surface area contributed by atoms with Gasteiger partial charge in [0.1, 0.15) is 0 Å². The lowest BCUT2D eigenvalue weighted by Gasteiger charge is -2.28. The molecule has 0 N–H and O–H groups in total. The minimum Gasteiger partial charge on any atom is -0.411 e. The van der Waals surface area contributed by atoms with Gasteiger partial charge in [0.05, 0.1) is 106 Å². The predicted molar refractivity (Wildman–Crippen MR) is 150 cm³/mol. The van der Waals surface area contributed by atoms with Crippen LogP contribution in [0.5, 0.6) is 0 Å². The molecule has 14 heteroatoms. The molecule has 0 atom stereocenters. The Labute approximate surface area is 237 Å². The normalized spacial score (nSPS) is 21.9. The second-order valence-electron chi connectivity index (χ2n) is 7.40. The highest BCUT2D eigenvalue weighted by Gasteiger charge is 2.03. The molecule has 0 spiro atoms. The molecule has 0 unspecified atom stereocenters. The Morgan fingerprint density at radius 2 is 0.528 bits per heavy atom. The van der Waals surface area contributed by atoms with Gasteiger partial charge in [0.25, 0.3) is 0 Å².